The number of benzene rings is 2. The fourth-order valence-corrected chi connectivity index (χ4v) is 3.83. The zero-order valence-corrected chi connectivity index (χ0v) is 16.6. The third kappa shape index (κ3) is 5.22. The molecule has 0 spiro atoms. The van der Waals surface area contributed by atoms with Crippen LogP contribution in [0, 0.1) is 0 Å². The number of nitrogens with one attached hydrogen (secondary N) is 2. The minimum atomic E-state index is -3.37. The summed E-state index contributed by atoms with van der Waals surface area (Å²) in [4.78, 5) is 12.3. The summed E-state index contributed by atoms with van der Waals surface area (Å²) in [5.74, 6) is 0.755. The van der Waals surface area contributed by atoms with Gasteiger partial charge in [-0.05, 0) is 55.8 Å². The number of halogens is 1. The van der Waals surface area contributed by atoms with Crippen molar-refractivity contribution in [3.63, 3.8) is 0 Å². The molecule has 1 unspecified atom stereocenters. The minimum Gasteiger partial charge on any atom is -0.456 e. The molecule has 1 heterocycles. The topological polar surface area (TPSA) is 84.5 Å². The summed E-state index contributed by atoms with van der Waals surface area (Å²) < 4.78 is 30.1. The molecule has 0 saturated carbocycles. The van der Waals surface area contributed by atoms with Crippen LogP contribution in [0.3, 0.4) is 0 Å². The molecular formula is C19H23ClN2O4S. The number of amides is 1. The lowest BCUT2D eigenvalue weighted by molar-refractivity contribution is -0.117. The molecule has 1 aliphatic rings. The molecule has 1 amide bonds. The lowest BCUT2D eigenvalue weighted by Crippen LogP contribution is -2.35. The second kappa shape index (κ2) is 9.21. The van der Waals surface area contributed by atoms with Crippen LogP contribution in [0.4, 0.5) is 5.69 Å². The molecule has 0 aromatic heterocycles. The number of carbonyl (C=O) groups excluding carboxylic acids is 1. The number of ether oxygens (including phenoxy) is 1. The Labute approximate surface area is 165 Å². The number of sulfone groups is 1. The van der Waals surface area contributed by atoms with Gasteiger partial charge in [-0.25, -0.2) is 8.42 Å². The van der Waals surface area contributed by atoms with Gasteiger partial charge in [-0.1, -0.05) is 19.1 Å². The van der Waals surface area contributed by atoms with Crippen LogP contribution in [0.1, 0.15) is 19.8 Å². The summed E-state index contributed by atoms with van der Waals surface area (Å²) in [6.07, 6.45) is 1.85. The zero-order valence-electron chi connectivity index (χ0n) is 15.0. The Morgan fingerprint density at radius 3 is 2.52 bits per heavy atom. The fourth-order valence-electron chi connectivity index (χ4n) is 2.82. The van der Waals surface area contributed by atoms with E-state index in [9.17, 15) is 13.2 Å². The van der Waals surface area contributed by atoms with Crippen molar-refractivity contribution in [3.8, 4) is 11.5 Å². The van der Waals surface area contributed by atoms with Crippen molar-refractivity contribution >= 4 is 33.8 Å². The van der Waals surface area contributed by atoms with Crippen LogP contribution in [-0.4, -0.2) is 32.7 Å². The summed E-state index contributed by atoms with van der Waals surface area (Å²) in [5, 5.41) is 6.02. The van der Waals surface area contributed by atoms with Crippen LogP contribution in [0.2, 0.25) is 0 Å². The Morgan fingerprint density at radius 2 is 1.89 bits per heavy atom. The Hall–Kier alpha value is -2.09. The van der Waals surface area contributed by atoms with Crippen molar-refractivity contribution in [3.05, 3.63) is 48.5 Å². The standard InChI is InChI=1S/C19H22N2O4S.ClH/c1-2-26(23,24)18-8-4-3-7-17(18)25-15-11-9-14(10-12-15)21-19(22)16-6-5-13-20-16;/h3-4,7-12,16,20H,2,5-6,13H2,1H3,(H,21,22);1H. The lowest BCUT2D eigenvalue weighted by Gasteiger charge is -2.13. The molecular weight excluding hydrogens is 388 g/mol. The molecule has 0 radical (unpaired) electrons. The summed E-state index contributed by atoms with van der Waals surface area (Å²) in [5.41, 5.74) is 0.672. The van der Waals surface area contributed by atoms with Gasteiger partial charge in [0.15, 0.2) is 9.84 Å². The Balaban J connectivity index is 0.00000261. The summed E-state index contributed by atoms with van der Waals surface area (Å²) in [6.45, 7) is 2.47. The average Bonchev–Trinajstić information content (AvgIpc) is 3.18. The molecule has 1 atom stereocenters. The third-order valence-corrected chi connectivity index (χ3v) is 6.06. The van der Waals surface area contributed by atoms with E-state index in [-0.39, 0.29) is 35.0 Å². The van der Waals surface area contributed by atoms with Gasteiger partial charge >= 0.3 is 0 Å². The van der Waals surface area contributed by atoms with Gasteiger partial charge < -0.3 is 15.4 Å². The molecule has 0 aliphatic carbocycles. The van der Waals surface area contributed by atoms with Gasteiger partial charge in [0.2, 0.25) is 5.91 Å². The van der Waals surface area contributed by atoms with Crippen molar-refractivity contribution in [2.45, 2.75) is 30.7 Å². The maximum Gasteiger partial charge on any atom is 0.241 e. The minimum absolute atomic E-state index is 0. The van der Waals surface area contributed by atoms with Gasteiger partial charge in [0.1, 0.15) is 16.4 Å². The van der Waals surface area contributed by atoms with Crippen molar-refractivity contribution in [1.82, 2.24) is 5.32 Å². The number of anilines is 1. The smallest absolute Gasteiger partial charge is 0.241 e. The second-order valence-electron chi connectivity index (χ2n) is 6.11. The highest BCUT2D eigenvalue weighted by Gasteiger charge is 2.22. The molecule has 27 heavy (non-hydrogen) atoms. The number of carbonyl (C=O) groups is 1. The zero-order chi connectivity index (χ0) is 18.6. The Bertz CT molecular complexity index is 879. The molecule has 1 saturated heterocycles. The first-order valence-corrected chi connectivity index (χ1v) is 10.3. The Kier molecular flexibility index (Phi) is 7.24. The summed E-state index contributed by atoms with van der Waals surface area (Å²) >= 11 is 0. The first kappa shape index (κ1) is 21.2. The van der Waals surface area contributed by atoms with E-state index in [2.05, 4.69) is 10.6 Å². The maximum absolute atomic E-state index is 12.2. The SMILES string of the molecule is CCS(=O)(=O)c1ccccc1Oc1ccc(NC(=O)C2CCCN2)cc1.Cl. The molecule has 1 aliphatic heterocycles. The van der Waals surface area contributed by atoms with E-state index in [0.29, 0.717) is 17.2 Å². The van der Waals surface area contributed by atoms with Gasteiger partial charge in [0.25, 0.3) is 0 Å². The highest BCUT2D eigenvalue weighted by atomic mass is 35.5. The lowest BCUT2D eigenvalue weighted by atomic mass is 10.2. The summed E-state index contributed by atoms with van der Waals surface area (Å²) in [6, 6.07) is 13.3. The van der Waals surface area contributed by atoms with E-state index < -0.39 is 9.84 Å². The normalized spacial score (nSPS) is 16.4. The van der Waals surface area contributed by atoms with E-state index in [0.717, 1.165) is 19.4 Å². The van der Waals surface area contributed by atoms with E-state index in [1.54, 1.807) is 49.4 Å². The van der Waals surface area contributed by atoms with Crippen molar-refractivity contribution in [2.24, 2.45) is 0 Å². The molecule has 3 rings (SSSR count). The highest BCUT2D eigenvalue weighted by molar-refractivity contribution is 7.91. The molecule has 2 aromatic carbocycles. The summed E-state index contributed by atoms with van der Waals surface area (Å²) in [7, 11) is -3.37. The van der Waals surface area contributed by atoms with E-state index in [1.165, 1.54) is 6.07 Å². The molecule has 2 aromatic rings. The van der Waals surface area contributed by atoms with Crippen molar-refractivity contribution < 1.29 is 17.9 Å². The number of hydrogen-bond donors (Lipinski definition) is 2. The van der Waals surface area contributed by atoms with Crippen molar-refractivity contribution in [2.75, 3.05) is 17.6 Å². The largest absolute Gasteiger partial charge is 0.456 e. The van der Waals surface area contributed by atoms with Crippen molar-refractivity contribution in [1.29, 1.82) is 0 Å². The van der Waals surface area contributed by atoms with Crippen LogP contribution in [0.25, 0.3) is 0 Å². The van der Waals surface area contributed by atoms with Gasteiger partial charge in [0.05, 0.1) is 11.8 Å². The average molecular weight is 411 g/mol. The van der Waals surface area contributed by atoms with Crippen LogP contribution in [0.5, 0.6) is 11.5 Å². The quantitative estimate of drug-likeness (QED) is 0.762. The molecule has 1 fully saturated rings. The van der Waals surface area contributed by atoms with Gasteiger partial charge in [-0.15, -0.1) is 12.4 Å². The first-order chi connectivity index (χ1) is 12.5. The Morgan fingerprint density at radius 1 is 1.19 bits per heavy atom. The predicted octanol–water partition coefficient (Wildman–Crippen LogP) is 3.38. The number of para-hydroxylation sites is 1. The monoisotopic (exact) mass is 410 g/mol. The number of hydrogen-bond acceptors (Lipinski definition) is 5. The van der Waals surface area contributed by atoms with Gasteiger partial charge in [0, 0.05) is 5.69 Å². The number of rotatable bonds is 6. The van der Waals surface area contributed by atoms with E-state index >= 15 is 0 Å². The third-order valence-electron chi connectivity index (χ3n) is 4.29. The first-order valence-electron chi connectivity index (χ1n) is 8.63. The van der Waals surface area contributed by atoms with Crippen LogP contribution < -0.4 is 15.4 Å². The second-order valence-corrected chi connectivity index (χ2v) is 8.36. The maximum atomic E-state index is 12.2. The predicted molar refractivity (Wildman–Crippen MR) is 108 cm³/mol. The molecule has 2 N–H and O–H groups in total. The molecule has 146 valence electrons. The van der Waals surface area contributed by atoms with Gasteiger partial charge in [-0.3, -0.25) is 4.79 Å². The fraction of sp³-hybridized carbons (Fsp3) is 0.316. The molecule has 0 bridgehead atoms. The molecule has 8 heteroatoms. The van der Waals surface area contributed by atoms with Crippen LogP contribution >= 0.6 is 12.4 Å². The van der Waals surface area contributed by atoms with Crippen LogP contribution in [0.15, 0.2) is 53.4 Å². The van der Waals surface area contributed by atoms with E-state index in [4.69, 9.17) is 4.74 Å². The van der Waals surface area contributed by atoms with E-state index in [1.807, 2.05) is 0 Å². The molecule has 6 nitrogen and oxygen atoms in total. The highest BCUT2D eigenvalue weighted by Crippen LogP contribution is 2.30. The van der Waals surface area contributed by atoms with Crippen LogP contribution in [-0.2, 0) is 14.6 Å². The van der Waals surface area contributed by atoms with Gasteiger partial charge in [-0.2, -0.15) is 0 Å².